The summed E-state index contributed by atoms with van der Waals surface area (Å²) < 4.78 is 0. The summed E-state index contributed by atoms with van der Waals surface area (Å²) in [5.41, 5.74) is 0.310. The van der Waals surface area contributed by atoms with Crippen molar-refractivity contribution in [3.8, 4) is 0 Å². The number of carbonyl (C=O) groups is 2. The molecule has 0 unspecified atom stereocenters. The van der Waals surface area contributed by atoms with E-state index in [0.717, 1.165) is 19.3 Å². The summed E-state index contributed by atoms with van der Waals surface area (Å²) in [5.74, 6) is -0.978. The molecule has 0 fully saturated rings. The third-order valence-corrected chi connectivity index (χ3v) is 4.60. The summed E-state index contributed by atoms with van der Waals surface area (Å²) in [7, 11) is 0. The predicted octanol–water partition coefficient (Wildman–Crippen LogP) is 6.33. The number of allylic oxidation sites excluding steroid dienone is 1. The van der Waals surface area contributed by atoms with E-state index in [-0.39, 0.29) is 6.42 Å². The van der Waals surface area contributed by atoms with E-state index in [4.69, 9.17) is 5.11 Å². The van der Waals surface area contributed by atoms with Crippen LogP contribution in [0.1, 0.15) is 103 Å². The zero-order valence-corrected chi connectivity index (χ0v) is 16.3. The Labute approximate surface area is 153 Å². The standard InChI is InChI=1S/C20H36O3S/c1-2-3-4-5-6-7-8-9-10-11-12-13-14-15-16-18(20(23)24)17-19(21)22/h16H,2-15,17H2,1H3,(H,21,22)(H,23,24). The van der Waals surface area contributed by atoms with Crippen molar-refractivity contribution in [2.75, 3.05) is 0 Å². The minimum atomic E-state index is -0.978. The molecule has 0 saturated carbocycles. The van der Waals surface area contributed by atoms with E-state index in [0.29, 0.717) is 5.57 Å². The van der Waals surface area contributed by atoms with Crippen LogP contribution in [0.4, 0.5) is 0 Å². The van der Waals surface area contributed by atoms with Gasteiger partial charge in [0, 0.05) is 5.57 Å². The van der Waals surface area contributed by atoms with Crippen LogP contribution in [0, 0.1) is 0 Å². The zero-order chi connectivity index (χ0) is 18.0. The van der Waals surface area contributed by atoms with Gasteiger partial charge in [0.25, 0.3) is 0 Å². The Morgan fingerprint density at radius 2 is 1.21 bits per heavy atom. The van der Waals surface area contributed by atoms with Crippen LogP contribution in [-0.2, 0) is 9.59 Å². The van der Waals surface area contributed by atoms with E-state index in [1.54, 1.807) is 6.08 Å². The van der Waals surface area contributed by atoms with Crippen molar-refractivity contribution in [3.63, 3.8) is 0 Å². The summed E-state index contributed by atoms with van der Waals surface area (Å²) in [5, 5.41) is 8.30. The molecule has 0 rings (SSSR count). The second kappa shape index (κ2) is 17.1. The van der Waals surface area contributed by atoms with Crippen molar-refractivity contribution in [3.05, 3.63) is 11.6 Å². The molecule has 24 heavy (non-hydrogen) atoms. The van der Waals surface area contributed by atoms with E-state index in [1.165, 1.54) is 70.6 Å². The molecule has 0 saturated heterocycles. The van der Waals surface area contributed by atoms with Crippen molar-refractivity contribution < 1.29 is 14.7 Å². The largest absolute Gasteiger partial charge is 0.481 e. The van der Waals surface area contributed by atoms with Crippen molar-refractivity contribution in [1.29, 1.82) is 0 Å². The molecule has 0 heterocycles. The highest BCUT2D eigenvalue weighted by atomic mass is 32.1. The normalized spacial score (nSPS) is 11.7. The first-order valence-electron chi connectivity index (χ1n) is 9.72. The molecule has 0 bridgehead atoms. The van der Waals surface area contributed by atoms with Crippen LogP contribution in [0.5, 0.6) is 0 Å². The summed E-state index contributed by atoms with van der Waals surface area (Å²) in [6.45, 7) is 2.26. The van der Waals surface area contributed by atoms with E-state index < -0.39 is 11.1 Å². The number of hydrogen-bond acceptors (Lipinski definition) is 2. The average Bonchev–Trinajstić information content (AvgIpc) is 2.53. The van der Waals surface area contributed by atoms with Crippen molar-refractivity contribution >= 4 is 23.7 Å². The van der Waals surface area contributed by atoms with Gasteiger partial charge in [-0.2, -0.15) is 0 Å². The summed E-state index contributed by atoms with van der Waals surface area (Å²) >= 11 is 3.72. The lowest BCUT2D eigenvalue weighted by Crippen LogP contribution is -2.02. The lowest BCUT2D eigenvalue weighted by atomic mass is 10.0. The molecule has 0 radical (unpaired) electrons. The Balaban J connectivity index is 3.41. The van der Waals surface area contributed by atoms with Crippen LogP contribution in [0.2, 0.25) is 0 Å². The minimum absolute atomic E-state index is 0.221. The van der Waals surface area contributed by atoms with E-state index in [9.17, 15) is 9.59 Å². The number of unbranched alkanes of at least 4 members (excludes halogenated alkanes) is 13. The second-order valence-electron chi connectivity index (χ2n) is 6.64. The fourth-order valence-electron chi connectivity index (χ4n) is 2.84. The number of carbonyl (C=O) groups excluding carboxylic acids is 1. The Bertz CT molecular complexity index is 364. The van der Waals surface area contributed by atoms with Gasteiger partial charge in [-0.05, 0) is 12.8 Å². The SMILES string of the molecule is CCCCCCCCCCCCCCCC=C(CC(=O)O)C(=O)S. The van der Waals surface area contributed by atoms with Crippen molar-refractivity contribution in [1.82, 2.24) is 0 Å². The lowest BCUT2D eigenvalue weighted by molar-refractivity contribution is -0.136. The number of carboxylic acids is 1. The fourth-order valence-corrected chi connectivity index (χ4v) is 3.01. The Morgan fingerprint density at radius 3 is 1.58 bits per heavy atom. The van der Waals surface area contributed by atoms with E-state index in [1.807, 2.05) is 0 Å². The molecule has 4 heteroatoms. The molecule has 0 aliphatic rings. The van der Waals surface area contributed by atoms with Crippen LogP contribution in [0.25, 0.3) is 0 Å². The summed E-state index contributed by atoms with van der Waals surface area (Å²) in [6, 6.07) is 0. The molecule has 1 N–H and O–H groups in total. The number of thiol groups is 1. The molecule has 0 atom stereocenters. The van der Waals surface area contributed by atoms with Crippen LogP contribution < -0.4 is 0 Å². The fraction of sp³-hybridized carbons (Fsp3) is 0.800. The lowest BCUT2D eigenvalue weighted by Gasteiger charge is -2.03. The van der Waals surface area contributed by atoms with Gasteiger partial charge in [-0.15, -0.1) is 12.6 Å². The van der Waals surface area contributed by atoms with Gasteiger partial charge in [-0.25, -0.2) is 0 Å². The molecule has 0 aromatic rings. The number of hydrogen-bond donors (Lipinski definition) is 2. The molecular formula is C20H36O3S. The van der Waals surface area contributed by atoms with Crippen LogP contribution >= 0.6 is 12.6 Å². The Kier molecular flexibility index (Phi) is 16.5. The topological polar surface area (TPSA) is 54.4 Å². The average molecular weight is 357 g/mol. The maximum atomic E-state index is 11.2. The smallest absolute Gasteiger partial charge is 0.307 e. The quantitative estimate of drug-likeness (QED) is 0.182. The van der Waals surface area contributed by atoms with Crippen LogP contribution in [0.15, 0.2) is 11.6 Å². The van der Waals surface area contributed by atoms with Gasteiger partial charge in [-0.1, -0.05) is 90.0 Å². The number of aliphatic carboxylic acids is 1. The molecule has 0 spiro atoms. The highest BCUT2D eigenvalue weighted by Gasteiger charge is 2.08. The molecule has 0 aromatic heterocycles. The third kappa shape index (κ3) is 16.1. The van der Waals surface area contributed by atoms with Gasteiger partial charge in [0.1, 0.15) is 0 Å². The summed E-state index contributed by atoms with van der Waals surface area (Å²) in [4.78, 5) is 21.8. The summed E-state index contributed by atoms with van der Waals surface area (Å²) in [6.07, 6.45) is 19.3. The highest BCUT2D eigenvalue weighted by Crippen LogP contribution is 2.14. The maximum absolute atomic E-state index is 11.2. The molecular weight excluding hydrogens is 320 g/mol. The molecule has 3 nitrogen and oxygen atoms in total. The molecule has 0 aromatic carbocycles. The van der Waals surface area contributed by atoms with Gasteiger partial charge in [0.2, 0.25) is 5.12 Å². The Morgan fingerprint density at radius 1 is 0.792 bits per heavy atom. The zero-order valence-electron chi connectivity index (χ0n) is 15.4. The molecule has 0 amide bonds. The first kappa shape index (κ1) is 23.2. The Hall–Kier alpha value is -0.770. The molecule has 0 aliphatic heterocycles. The van der Waals surface area contributed by atoms with Gasteiger partial charge >= 0.3 is 5.97 Å². The van der Waals surface area contributed by atoms with E-state index >= 15 is 0 Å². The number of rotatable bonds is 17. The maximum Gasteiger partial charge on any atom is 0.307 e. The van der Waals surface area contributed by atoms with Gasteiger partial charge in [0.05, 0.1) is 6.42 Å². The highest BCUT2D eigenvalue weighted by molar-refractivity contribution is 7.97. The van der Waals surface area contributed by atoms with Crippen molar-refractivity contribution in [2.24, 2.45) is 0 Å². The third-order valence-electron chi connectivity index (χ3n) is 4.31. The van der Waals surface area contributed by atoms with Crippen LogP contribution in [-0.4, -0.2) is 16.2 Å². The minimum Gasteiger partial charge on any atom is -0.481 e. The monoisotopic (exact) mass is 356 g/mol. The van der Waals surface area contributed by atoms with Gasteiger partial charge < -0.3 is 5.11 Å². The number of carboxylic acid groups (broad SMARTS) is 1. The second-order valence-corrected chi connectivity index (χ2v) is 7.04. The molecule has 0 aliphatic carbocycles. The van der Waals surface area contributed by atoms with Gasteiger partial charge in [-0.3, -0.25) is 9.59 Å². The first-order valence-corrected chi connectivity index (χ1v) is 10.2. The molecule has 140 valence electrons. The van der Waals surface area contributed by atoms with Crippen LogP contribution in [0.3, 0.4) is 0 Å². The van der Waals surface area contributed by atoms with Crippen molar-refractivity contribution in [2.45, 2.75) is 103 Å². The van der Waals surface area contributed by atoms with E-state index in [2.05, 4.69) is 19.6 Å². The first-order chi connectivity index (χ1) is 11.6. The van der Waals surface area contributed by atoms with Gasteiger partial charge in [0.15, 0.2) is 0 Å². The predicted molar refractivity (Wildman–Crippen MR) is 105 cm³/mol.